The van der Waals surface area contributed by atoms with E-state index < -0.39 is 11.7 Å². The molecule has 158 valence electrons. The van der Waals surface area contributed by atoms with Gasteiger partial charge in [0.25, 0.3) is 5.91 Å². The Balaban J connectivity index is 2.00. The molecule has 1 aliphatic rings. The molecule has 0 saturated heterocycles. The standard InChI is InChI=1S/C19H28N6O4/c1-5-7-25(28-8-6-21-18(27)29-19(2,3)4)17(26)13-9-14-11-22-23-12-15(14)24-16(20)10-13/h9,11-12H,5-8,10H2,1-4H3,(H2,20,24)(H,21,27). The Hall–Kier alpha value is -3.01. The number of alkyl carbamates (subject to hydrolysis) is 1. The molecule has 0 aliphatic carbocycles. The minimum absolute atomic E-state index is 0.115. The van der Waals surface area contributed by atoms with Crippen molar-refractivity contribution >= 4 is 29.6 Å². The number of hydrogen-bond acceptors (Lipinski definition) is 8. The van der Waals surface area contributed by atoms with Crippen molar-refractivity contribution in [2.24, 2.45) is 10.7 Å². The monoisotopic (exact) mass is 404 g/mol. The molecule has 0 spiro atoms. The number of fused-ring (bicyclic) bond motifs is 1. The van der Waals surface area contributed by atoms with Gasteiger partial charge in [-0.25, -0.2) is 14.9 Å². The molecule has 3 N–H and O–H groups in total. The summed E-state index contributed by atoms with van der Waals surface area (Å²) in [6, 6.07) is 0. The molecule has 0 radical (unpaired) electrons. The number of amides is 2. The normalized spacial score (nSPS) is 13.5. The van der Waals surface area contributed by atoms with Crippen LogP contribution in [0.3, 0.4) is 0 Å². The molecule has 0 aromatic carbocycles. The van der Waals surface area contributed by atoms with E-state index in [1.54, 1.807) is 26.8 Å². The molecular formula is C19H28N6O4. The van der Waals surface area contributed by atoms with Gasteiger partial charge < -0.3 is 15.8 Å². The third-order valence-corrected chi connectivity index (χ3v) is 3.65. The van der Waals surface area contributed by atoms with Crippen molar-refractivity contribution in [3.05, 3.63) is 23.5 Å². The van der Waals surface area contributed by atoms with Crippen molar-refractivity contribution in [2.75, 3.05) is 19.7 Å². The summed E-state index contributed by atoms with van der Waals surface area (Å²) in [4.78, 5) is 34.5. The largest absolute Gasteiger partial charge is 0.444 e. The van der Waals surface area contributed by atoms with Gasteiger partial charge >= 0.3 is 6.09 Å². The number of amidine groups is 1. The van der Waals surface area contributed by atoms with Crippen LogP contribution in [0, 0.1) is 0 Å². The van der Waals surface area contributed by atoms with Gasteiger partial charge in [-0.2, -0.15) is 10.2 Å². The number of nitrogens with two attached hydrogens (primary N) is 1. The molecular weight excluding hydrogens is 376 g/mol. The molecule has 2 amide bonds. The Kier molecular flexibility index (Phi) is 7.66. The smallest absolute Gasteiger partial charge is 0.407 e. The number of aromatic nitrogens is 2. The van der Waals surface area contributed by atoms with E-state index in [1.807, 2.05) is 6.92 Å². The van der Waals surface area contributed by atoms with Gasteiger partial charge in [-0.3, -0.25) is 9.63 Å². The van der Waals surface area contributed by atoms with Gasteiger partial charge in [0.1, 0.15) is 11.4 Å². The Morgan fingerprint density at radius 1 is 1.28 bits per heavy atom. The number of nitrogens with zero attached hydrogens (tertiary/aromatic N) is 4. The first-order valence-electron chi connectivity index (χ1n) is 9.45. The molecule has 29 heavy (non-hydrogen) atoms. The lowest BCUT2D eigenvalue weighted by molar-refractivity contribution is -0.181. The van der Waals surface area contributed by atoms with Crippen LogP contribution in [-0.2, 0) is 14.4 Å². The van der Waals surface area contributed by atoms with Gasteiger partial charge in [-0.15, -0.1) is 0 Å². The Labute approximate surface area is 170 Å². The molecule has 10 heteroatoms. The van der Waals surface area contributed by atoms with Gasteiger partial charge in [0.2, 0.25) is 0 Å². The maximum absolute atomic E-state index is 13.0. The number of hydroxylamine groups is 2. The van der Waals surface area contributed by atoms with Crippen LogP contribution >= 0.6 is 0 Å². The maximum Gasteiger partial charge on any atom is 0.407 e. The van der Waals surface area contributed by atoms with E-state index in [0.717, 1.165) is 0 Å². The van der Waals surface area contributed by atoms with Crippen LogP contribution in [0.15, 0.2) is 23.0 Å². The lowest BCUT2D eigenvalue weighted by Crippen LogP contribution is -2.38. The molecule has 0 saturated carbocycles. The zero-order chi connectivity index (χ0) is 21.4. The minimum Gasteiger partial charge on any atom is -0.444 e. The number of ether oxygens (including phenoxy) is 1. The van der Waals surface area contributed by atoms with Gasteiger partial charge in [-0.1, -0.05) is 6.92 Å². The van der Waals surface area contributed by atoms with E-state index in [2.05, 4.69) is 20.5 Å². The Morgan fingerprint density at radius 2 is 2.00 bits per heavy atom. The molecule has 0 atom stereocenters. The second-order valence-corrected chi connectivity index (χ2v) is 7.45. The lowest BCUT2D eigenvalue weighted by atomic mass is 10.1. The zero-order valence-corrected chi connectivity index (χ0v) is 17.3. The van der Waals surface area contributed by atoms with Crippen LogP contribution in [0.1, 0.15) is 46.1 Å². The zero-order valence-electron chi connectivity index (χ0n) is 17.3. The summed E-state index contributed by atoms with van der Waals surface area (Å²) >= 11 is 0. The average Bonchev–Trinajstić information content (AvgIpc) is 2.80. The SMILES string of the molecule is CCCN(OCCNC(=O)OC(C)(C)C)C(=O)C1=Cc2cnncc2N=C(N)C1. The van der Waals surface area contributed by atoms with E-state index >= 15 is 0 Å². The molecule has 2 heterocycles. The molecule has 1 aliphatic heterocycles. The van der Waals surface area contributed by atoms with Crippen molar-refractivity contribution in [3.63, 3.8) is 0 Å². The van der Waals surface area contributed by atoms with E-state index in [0.29, 0.717) is 35.6 Å². The molecule has 2 rings (SSSR count). The van der Waals surface area contributed by atoms with Gasteiger partial charge in [0.15, 0.2) is 0 Å². The van der Waals surface area contributed by atoms with Crippen molar-refractivity contribution in [1.82, 2.24) is 20.6 Å². The van der Waals surface area contributed by atoms with E-state index in [1.165, 1.54) is 17.5 Å². The predicted molar refractivity (Wildman–Crippen MR) is 108 cm³/mol. The molecule has 1 aromatic heterocycles. The number of carbonyl (C=O) groups is 2. The van der Waals surface area contributed by atoms with Crippen molar-refractivity contribution in [1.29, 1.82) is 0 Å². The summed E-state index contributed by atoms with van der Waals surface area (Å²) in [5.74, 6) is -0.00804. The van der Waals surface area contributed by atoms with Gasteiger partial charge in [0.05, 0.1) is 24.7 Å². The number of carbonyl (C=O) groups excluding carboxylic acids is 2. The van der Waals surface area contributed by atoms with E-state index in [-0.39, 0.29) is 25.5 Å². The first kappa shape index (κ1) is 22.3. The number of rotatable bonds is 7. The third-order valence-electron chi connectivity index (χ3n) is 3.65. The van der Waals surface area contributed by atoms with Crippen molar-refractivity contribution in [3.8, 4) is 0 Å². The highest BCUT2D eigenvalue weighted by molar-refractivity contribution is 6.05. The maximum atomic E-state index is 13.0. The molecule has 0 fully saturated rings. The summed E-state index contributed by atoms with van der Waals surface area (Å²) in [6.45, 7) is 7.98. The van der Waals surface area contributed by atoms with Gasteiger partial charge in [-0.05, 0) is 33.3 Å². The molecule has 1 aromatic rings. The molecule has 0 bridgehead atoms. The average molecular weight is 404 g/mol. The third kappa shape index (κ3) is 7.15. The van der Waals surface area contributed by atoms with Crippen molar-refractivity contribution in [2.45, 2.75) is 46.1 Å². The summed E-state index contributed by atoms with van der Waals surface area (Å²) in [5, 5.41) is 11.5. The fourth-order valence-electron chi connectivity index (χ4n) is 2.51. The summed E-state index contributed by atoms with van der Waals surface area (Å²) < 4.78 is 5.16. The van der Waals surface area contributed by atoms with Crippen LogP contribution in [0.4, 0.5) is 10.5 Å². The quantitative estimate of drug-likeness (QED) is 0.524. The first-order chi connectivity index (χ1) is 13.7. The summed E-state index contributed by atoms with van der Waals surface area (Å²) in [5.41, 5.74) is 7.02. The Bertz CT molecular complexity index is 800. The first-order valence-corrected chi connectivity index (χ1v) is 9.45. The number of hydrogen-bond donors (Lipinski definition) is 2. The van der Waals surface area contributed by atoms with Crippen molar-refractivity contribution < 1.29 is 19.2 Å². The minimum atomic E-state index is -0.580. The molecule has 0 unspecified atom stereocenters. The second kappa shape index (κ2) is 9.97. The number of aliphatic imine (C=N–C) groups is 1. The van der Waals surface area contributed by atoms with E-state index in [4.69, 9.17) is 15.3 Å². The van der Waals surface area contributed by atoms with Crippen LogP contribution in [0.5, 0.6) is 0 Å². The summed E-state index contributed by atoms with van der Waals surface area (Å²) in [6.07, 6.45) is 5.07. The second-order valence-electron chi connectivity index (χ2n) is 7.45. The fraction of sp³-hybridized carbons (Fsp3) is 0.526. The van der Waals surface area contributed by atoms with Gasteiger partial charge in [0, 0.05) is 30.6 Å². The lowest BCUT2D eigenvalue weighted by Gasteiger charge is -2.23. The topological polar surface area (TPSA) is 132 Å². The highest BCUT2D eigenvalue weighted by Crippen LogP contribution is 2.25. The number of nitrogens with one attached hydrogen (secondary N) is 1. The van der Waals surface area contributed by atoms with E-state index in [9.17, 15) is 9.59 Å². The predicted octanol–water partition coefficient (Wildman–Crippen LogP) is 1.95. The fourth-order valence-corrected chi connectivity index (χ4v) is 2.51. The van der Waals surface area contributed by atoms with Crippen LogP contribution in [0.2, 0.25) is 0 Å². The van der Waals surface area contributed by atoms with Crippen LogP contribution in [0.25, 0.3) is 6.08 Å². The summed E-state index contributed by atoms with van der Waals surface area (Å²) in [7, 11) is 0. The van der Waals surface area contributed by atoms with Crippen LogP contribution in [-0.4, -0.2) is 58.4 Å². The van der Waals surface area contributed by atoms with Crippen LogP contribution < -0.4 is 11.1 Å². The highest BCUT2D eigenvalue weighted by Gasteiger charge is 2.22. The highest BCUT2D eigenvalue weighted by atomic mass is 16.7. The Morgan fingerprint density at radius 3 is 2.69 bits per heavy atom. The molecule has 10 nitrogen and oxygen atoms in total.